The van der Waals surface area contributed by atoms with Crippen LogP contribution >= 0.6 is 0 Å². The van der Waals surface area contributed by atoms with E-state index in [0.29, 0.717) is 31.4 Å². The Morgan fingerprint density at radius 2 is 2.04 bits per heavy atom. The summed E-state index contributed by atoms with van der Waals surface area (Å²) >= 11 is 0. The highest BCUT2D eigenvalue weighted by atomic mass is 32.2. The maximum atomic E-state index is 13.1. The largest absolute Gasteiger partial charge is 0.505 e. The number of nitrogens with one attached hydrogen (secondary N) is 2. The van der Waals surface area contributed by atoms with Gasteiger partial charge in [0.15, 0.2) is 11.6 Å². The fraction of sp³-hybridized carbons (Fsp3) is 0.500. The van der Waals surface area contributed by atoms with E-state index in [1.165, 1.54) is 17.0 Å². The predicted molar refractivity (Wildman–Crippen MR) is 92.4 cm³/mol. The van der Waals surface area contributed by atoms with Crippen LogP contribution in [0.4, 0.5) is 9.18 Å². The van der Waals surface area contributed by atoms with Crippen molar-refractivity contribution in [1.82, 2.24) is 14.9 Å². The molecule has 0 unspecified atom stereocenters. The molecular formula is C16H22FN3O5S. The van der Waals surface area contributed by atoms with Crippen LogP contribution in [-0.2, 0) is 14.8 Å². The third-order valence-corrected chi connectivity index (χ3v) is 5.57. The first-order valence-corrected chi connectivity index (χ1v) is 9.90. The third-order valence-electron chi connectivity index (χ3n) is 4.04. The lowest BCUT2D eigenvalue weighted by Crippen LogP contribution is -2.30. The molecule has 1 aromatic rings. The molecule has 3 amide bonds. The van der Waals surface area contributed by atoms with Gasteiger partial charge < -0.3 is 10.0 Å². The molecule has 26 heavy (non-hydrogen) atoms. The summed E-state index contributed by atoms with van der Waals surface area (Å²) in [4.78, 5) is 23.8. The molecule has 1 saturated heterocycles. The second kappa shape index (κ2) is 8.45. The Bertz CT molecular complexity index is 784. The zero-order valence-electron chi connectivity index (χ0n) is 14.4. The summed E-state index contributed by atoms with van der Waals surface area (Å²) in [7, 11) is -3.54. The first-order valence-electron chi connectivity index (χ1n) is 8.25. The minimum absolute atomic E-state index is 0.0424. The van der Waals surface area contributed by atoms with Gasteiger partial charge in [0.2, 0.25) is 15.9 Å². The monoisotopic (exact) mass is 387 g/mol. The van der Waals surface area contributed by atoms with Gasteiger partial charge in [-0.15, -0.1) is 0 Å². The first kappa shape index (κ1) is 20.1. The normalized spacial score (nSPS) is 16.0. The molecule has 0 saturated carbocycles. The number of aromatic hydroxyl groups is 1. The zero-order chi connectivity index (χ0) is 19.3. The standard InChI is InChI=1S/C16H22FN3O5S/c1-11(12-5-6-13(17)14(21)9-12)19-26(24,25)8-4-2-3-7-20-10-15(22)18-16(20)23/h5-6,9,11,19,21H,2-4,7-8,10H2,1H3,(H,18,22,23)/t11-/m0/s1. The quantitative estimate of drug-likeness (QED) is 0.435. The number of nitrogens with zero attached hydrogens (tertiary/aromatic N) is 1. The van der Waals surface area contributed by atoms with E-state index in [0.717, 1.165) is 6.07 Å². The molecule has 0 radical (unpaired) electrons. The molecule has 10 heteroatoms. The van der Waals surface area contributed by atoms with Crippen LogP contribution < -0.4 is 10.0 Å². The van der Waals surface area contributed by atoms with Crippen molar-refractivity contribution >= 4 is 22.0 Å². The highest BCUT2D eigenvalue weighted by Gasteiger charge is 2.25. The Morgan fingerprint density at radius 1 is 1.31 bits per heavy atom. The summed E-state index contributed by atoms with van der Waals surface area (Å²) in [6, 6.07) is 2.65. The number of hydrogen-bond acceptors (Lipinski definition) is 5. The van der Waals surface area contributed by atoms with Gasteiger partial charge in [-0.3, -0.25) is 10.1 Å². The van der Waals surface area contributed by atoms with Crippen molar-refractivity contribution in [3.8, 4) is 5.75 Å². The van der Waals surface area contributed by atoms with E-state index >= 15 is 0 Å². The van der Waals surface area contributed by atoms with Gasteiger partial charge in [0, 0.05) is 12.6 Å². The minimum Gasteiger partial charge on any atom is -0.505 e. The number of hydrogen-bond donors (Lipinski definition) is 3. The number of rotatable bonds is 9. The summed E-state index contributed by atoms with van der Waals surface area (Å²) in [6.07, 6.45) is 1.59. The van der Waals surface area contributed by atoms with Crippen LogP contribution in [0.5, 0.6) is 5.75 Å². The Balaban J connectivity index is 1.73. The van der Waals surface area contributed by atoms with E-state index in [1.807, 2.05) is 0 Å². The first-order chi connectivity index (χ1) is 12.2. The van der Waals surface area contributed by atoms with Crippen molar-refractivity contribution < 1.29 is 27.5 Å². The molecule has 2 rings (SSSR count). The van der Waals surface area contributed by atoms with Crippen LogP contribution in [0.25, 0.3) is 0 Å². The van der Waals surface area contributed by atoms with E-state index < -0.39 is 33.7 Å². The number of imide groups is 1. The molecule has 1 aliphatic rings. The molecule has 0 aromatic heterocycles. The van der Waals surface area contributed by atoms with E-state index in [9.17, 15) is 27.5 Å². The number of phenolic OH excluding ortho intramolecular Hbond substituents is 1. The van der Waals surface area contributed by atoms with Crippen LogP contribution in [0, 0.1) is 5.82 Å². The van der Waals surface area contributed by atoms with Crippen LogP contribution in [0.2, 0.25) is 0 Å². The van der Waals surface area contributed by atoms with Crippen LogP contribution in [-0.4, -0.2) is 49.2 Å². The number of benzene rings is 1. The smallest absolute Gasteiger partial charge is 0.324 e. The number of amides is 3. The second-order valence-electron chi connectivity index (χ2n) is 6.20. The van der Waals surface area contributed by atoms with Crippen molar-refractivity contribution in [2.75, 3.05) is 18.8 Å². The average Bonchev–Trinajstić information content (AvgIpc) is 2.86. The van der Waals surface area contributed by atoms with E-state index in [4.69, 9.17) is 0 Å². The van der Waals surface area contributed by atoms with E-state index in [-0.39, 0.29) is 18.2 Å². The number of carbonyl (C=O) groups is 2. The SMILES string of the molecule is C[C@H](NS(=O)(=O)CCCCCN1CC(=O)NC1=O)c1ccc(F)c(O)c1. The molecule has 0 aliphatic carbocycles. The van der Waals surface area contributed by atoms with Crippen molar-refractivity contribution in [2.45, 2.75) is 32.2 Å². The minimum atomic E-state index is -3.54. The average molecular weight is 387 g/mol. The lowest BCUT2D eigenvalue weighted by Gasteiger charge is -2.15. The molecule has 1 heterocycles. The molecule has 3 N–H and O–H groups in total. The van der Waals surface area contributed by atoms with Crippen molar-refractivity contribution in [1.29, 1.82) is 0 Å². The van der Waals surface area contributed by atoms with Gasteiger partial charge in [0.1, 0.15) is 6.54 Å². The molecule has 0 bridgehead atoms. The molecule has 1 fully saturated rings. The molecule has 0 spiro atoms. The zero-order valence-corrected chi connectivity index (χ0v) is 15.2. The van der Waals surface area contributed by atoms with E-state index in [1.54, 1.807) is 6.92 Å². The maximum Gasteiger partial charge on any atom is 0.324 e. The Hall–Kier alpha value is -2.20. The summed E-state index contributed by atoms with van der Waals surface area (Å²) < 4.78 is 39.8. The van der Waals surface area contributed by atoms with Crippen LogP contribution in [0.15, 0.2) is 18.2 Å². The molecular weight excluding hydrogens is 365 g/mol. The number of unbranched alkanes of at least 4 members (excludes halogenated alkanes) is 2. The number of sulfonamides is 1. The van der Waals surface area contributed by atoms with Gasteiger partial charge in [-0.2, -0.15) is 0 Å². The summed E-state index contributed by atoms with van der Waals surface area (Å²) in [5.41, 5.74) is 0.456. The van der Waals surface area contributed by atoms with Crippen molar-refractivity contribution in [3.05, 3.63) is 29.6 Å². The fourth-order valence-corrected chi connectivity index (χ4v) is 4.01. The van der Waals surface area contributed by atoms with Gasteiger partial charge in [-0.05, 0) is 37.5 Å². The van der Waals surface area contributed by atoms with E-state index in [2.05, 4.69) is 10.0 Å². The lowest BCUT2D eigenvalue weighted by atomic mass is 10.1. The number of carbonyl (C=O) groups excluding carboxylic acids is 2. The lowest BCUT2D eigenvalue weighted by molar-refractivity contribution is -0.118. The fourth-order valence-electron chi connectivity index (χ4n) is 2.63. The third kappa shape index (κ3) is 5.67. The Labute approximate surface area is 151 Å². The van der Waals surface area contributed by atoms with Gasteiger partial charge in [0.05, 0.1) is 5.75 Å². The summed E-state index contributed by atoms with van der Waals surface area (Å²) in [6.45, 7) is 2.05. The van der Waals surface area contributed by atoms with Gasteiger partial charge >= 0.3 is 6.03 Å². The molecule has 144 valence electrons. The number of halogens is 1. The van der Waals surface area contributed by atoms with Gasteiger partial charge in [-0.1, -0.05) is 12.5 Å². The predicted octanol–water partition coefficient (Wildman–Crippen LogP) is 1.23. The highest BCUT2D eigenvalue weighted by Crippen LogP contribution is 2.22. The van der Waals surface area contributed by atoms with Crippen LogP contribution in [0.1, 0.15) is 37.8 Å². The van der Waals surface area contributed by atoms with Crippen LogP contribution in [0.3, 0.4) is 0 Å². The van der Waals surface area contributed by atoms with Crippen molar-refractivity contribution in [3.63, 3.8) is 0 Å². The maximum absolute atomic E-state index is 13.1. The van der Waals surface area contributed by atoms with Crippen molar-refractivity contribution in [2.24, 2.45) is 0 Å². The molecule has 8 nitrogen and oxygen atoms in total. The second-order valence-corrected chi connectivity index (χ2v) is 8.08. The topological polar surface area (TPSA) is 116 Å². The Kier molecular flexibility index (Phi) is 6.54. The molecule has 1 aliphatic heterocycles. The number of urea groups is 1. The summed E-state index contributed by atoms with van der Waals surface area (Å²) in [5, 5.41) is 11.5. The molecule has 1 aromatic carbocycles. The summed E-state index contributed by atoms with van der Waals surface area (Å²) in [5.74, 6) is -1.71. The Morgan fingerprint density at radius 3 is 2.65 bits per heavy atom. The molecule has 1 atom stereocenters. The highest BCUT2D eigenvalue weighted by molar-refractivity contribution is 7.89. The van der Waals surface area contributed by atoms with Gasteiger partial charge in [0.25, 0.3) is 0 Å². The van der Waals surface area contributed by atoms with Gasteiger partial charge in [-0.25, -0.2) is 22.3 Å². The number of phenols is 1.